The van der Waals surface area contributed by atoms with Gasteiger partial charge in [0.1, 0.15) is 23.7 Å². The molecule has 2 saturated heterocycles. The molecule has 0 aliphatic carbocycles. The number of benzene rings is 1. The van der Waals surface area contributed by atoms with Crippen molar-refractivity contribution in [2.24, 2.45) is 5.92 Å². The number of rotatable bonds is 2. The first-order chi connectivity index (χ1) is 12.4. The Morgan fingerprint density at radius 2 is 2.15 bits per heavy atom. The van der Waals surface area contributed by atoms with Crippen molar-refractivity contribution in [3.05, 3.63) is 23.8 Å². The molecule has 6 nitrogen and oxygen atoms in total. The molecule has 3 aliphatic rings. The molecule has 0 saturated carbocycles. The maximum absolute atomic E-state index is 13.2. The van der Waals surface area contributed by atoms with E-state index in [2.05, 4.69) is 0 Å². The van der Waals surface area contributed by atoms with E-state index >= 15 is 0 Å². The molecule has 0 unspecified atom stereocenters. The Morgan fingerprint density at radius 1 is 1.31 bits per heavy atom. The fraction of sp³-hybridized carbons (Fsp3) is 0.650. The van der Waals surface area contributed by atoms with Crippen molar-refractivity contribution in [2.45, 2.75) is 37.9 Å². The van der Waals surface area contributed by atoms with Crippen molar-refractivity contribution in [3.63, 3.8) is 0 Å². The van der Waals surface area contributed by atoms with Gasteiger partial charge in [-0.05, 0) is 31.9 Å². The standard InChI is InChI=1S/C20H27NO5/c1-19(2)11-21(12-20(26-19)6-7-24-13-20)18(22)15-8-14-4-5-16(23-3)9-17(14)25-10-15/h4-5,9,15H,6-8,10-13H2,1-3H3/t15-,20-/m0/s1. The number of amides is 1. The van der Waals surface area contributed by atoms with Crippen LogP contribution in [0.25, 0.3) is 0 Å². The smallest absolute Gasteiger partial charge is 0.229 e. The SMILES string of the molecule is COc1ccc2c(c1)OC[C@@H](C(=O)N1CC(C)(C)O[C@@]3(CCOC3)C1)C2. The van der Waals surface area contributed by atoms with Gasteiger partial charge < -0.3 is 23.8 Å². The number of ether oxygens (including phenoxy) is 4. The number of hydrogen-bond acceptors (Lipinski definition) is 5. The fourth-order valence-corrected chi connectivity index (χ4v) is 4.36. The molecule has 26 heavy (non-hydrogen) atoms. The second-order valence-corrected chi connectivity index (χ2v) is 8.23. The molecule has 1 aromatic rings. The molecule has 0 radical (unpaired) electrons. The highest BCUT2D eigenvalue weighted by molar-refractivity contribution is 5.80. The number of methoxy groups -OCH3 is 1. The number of carbonyl (C=O) groups is 1. The van der Waals surface area contributed by atoms with E-state index in [9.17, 15) is 4.79 Å². The van der Waals surface area contributed by atoms with E-state index in [1.54, 1.807) is 7.11 Å². The van der Waals surface area contributed by atoms with E-state index in [0.717, 1.165) is 23.5 Å². The van der Waals surface area contributed by atoms with Crippen LogP contribution in [-0.4, -0.2) is 62.0 Å². The number of hydrogen-bond donors (Lipinski definition) is 0. The summed E-state index contributed by atoms with van der Waals surface area (Å²) < 4.78 is 23.0. The lowest BCUT2D eigenvalue weighted by Crippen LogP contribution is -2.62. The van der Waals surface area contributed by atoms with Crippen molar-refractivity contribution in [1.82, 2.24) is 4.90 Å². The second kappa shape index (κ2) is 6.43. The molecule has 1 amide bonds. The first-order valence-corrected chi connectivity index (χ1v) is 9.26. The largest absolute Gasteiger partial charge is 0.497 e. The van der Waals surface area contributed by atoms with E-state index < -0.39 is 0 Å². The first kappa shape index (κ1) is 17.6. The minimum absolute atomic E-state index is 0.147. The molecule has 4 rings (SSSR count). The molecule has 2 fully saturated rings. The summed E-state index contributed by atoms with van der Waals surface area (Å²) in [5.41, 5.74) is 0.322. The Morgan fingerprint density at radius 3 is 2.88 bits per heavy atom. The van der Waals surface area contributed by atoms with Gasteiger partial charge in [-0.2, -0.15) is 0 Å². The summed E-state index contributed by atoms with van der Waals surface area (Å²) in [6.45, 7) is 6.95. The van der Waals surface area contributed by atoms with Crippen LogP contribution in [0.2, 0.25) is 0 Å². The summed E-state index contributed by atoms with van der Waals surface area (Å²) in [4.78, 5) is 15.2. The Kier molecular flexibility index (Phi) is 4.35. The maximum Gasteiger partial charge on any atom is 0.229 e. The minimum atomic E-state index is -0.373. The van der Waals surface area contributed by atoms with Crippen molar-refractivity contribution in [2.75, 3.05) is 40.0 Å². The molecule has 6 heteroatoms. The van der Waals surface area contributed by atoms with Crippen LogP contribution in [0.4, 0.5) is 0 Å². The topological polar surface area (TPSA) is 57.2 Å². The Hall–Kier alpha value is -1.79. The lowest BCUT2D eigenvalue weighted by Gasteiger charge is -2.48. The summed E-state index contributed by atoms with van der Waals surface area (Å²) in [6.07, 6.45) is 1.53. The van der Waals surface area contributed by atoms with Crippen LogP contribution in [0, 0.1) is 5.92 Å². The summed E-state index contributed by atoms with van der Waals surface area (Å²) in [5.74, 6) is 1.57. The minimum Gasteiger partial charge on any atom is -0.497 e. The fourth-order valence-electron chi connectivity index (χ4n) is 4.36. The third-order valence-electron chi connectivity index (χ3n) is 5.45. The van der Waals surface area contributed by atoms with Gasteiger partial charge in [0.25, 0.3) is 0 Å². The molecule has 2 atom stereocenters. The Balaban J connectivity index is 1.50. The van der Waals surface area contributed by atoms with Crippen LogP contribution in [0.15, 0.2) is 18.2 Å². The monoisotopic (exact) mass is 361 g/mol. The molecule has 0 bridgehead atoms. The molecule has 142 valence electrons. The zero-order chi connectivity index (χ0) is 18.4. The van der Waals surface area contributed by atoms with E-state index in [0.29, 0.717) is 39.3 Å². The van der Waals surface area contributed by atoms with Crippen molar-refractivity contribution >= 4 is 5.91 Å². The van der Waals surface area contributed by atoms with E-state index in [4.69, 9.17) is 18.9 Å². The van der Waals surface area contributed by atoms with Crippen LogP contribution in [-0.2, 0) is 20.7 Å². The molecule has 0 aromatic heterocycles. The van der Waals surface area contributed by atoms with Gasteiger partial charge in [0.2, 0.25) is 5.91 Å². The van der Waals surface area contributed by atoms with Crippen LogP contribution < -0.4 is 9.47 Å². The average molecular weight is 361 g/mol. The quantitative estimate of drug-likeness (QED) is 0.807. The van der Waals surface area contributed by atoms with Crippen molar-refractivity contribution < 1.29 is 23.7 Å². The van der Waals surface area contributed by atoms with Gasteiger partial charge in [-0.15, -0.1) is 0 Å². The Bertz CT molecular complexity index is 695. The highest BCUT2D eigenvalue weighted by atomic mass is 16.6. The van der Waals surface area contributed by atoms with Crippen LogP contribution in [0.1, 0.15) is 25.8 Å². The van der Waals surface area contributed by atoms with Crippen LogP contribution in [0.3, 0.4) is 0 Å². The zero-order valence-corrected chi connectivity index (χ0v) is 15.7. The highest BCUT2D eigenvalue weighted by Crippen LogP contribution is 2.37. The normalized spacial score (nSPS) is 30.0. The maximum atomic E-state index is 13.2. The van der Waals surface area contributed by atoms with Gasteiger partial charge in [0, 0.05) is 25.6 Å². The van der Waals surface area contributed by atoms with Crippen LogP contribution >= 0.6 is 0 Å². The second-order valence-electron chi connectivity index (χ2n) is 8.23. The van der Waals surface area contributed by atoms with Gasteiger partial charge in [-0.25, -0.2) is 0 Å². The molecule has 3 heterocycles. The molecular weight excluding hydrogens is 334 g/mol. The molecule has 0 N–H and O–H groups in total. The van der Waals surface area contributed by atoms with E-state index in [1.807, 2.05) is 36.9 Å². The van der Waals surface area contributed by atoms with Gasteiger partial charge >= 0.3 is 0 Å². The predicted octanol–water partition coefficient (Wildman–Crippen LogP) is 2.04. The lowest BCUT2D eigenvalue weighted by atomic mass is 9.91. The summed E-state index contributed by atoms with van der Waals surface area (Å²) >= 11 is 0. The third-order valence-corrected chi connectivity index (χ3v) is 5.45. The molecular formula is C20H27NO5. The summed E-state index contributed by atoms with van der Waals surface area (Å²) in [6, 6.07) is 5.79. The van der Waals surface area contributed by atoms with Crippen molar-refractivity contribution in [1.29, 1.82) is 0 Å². The average Bonchev–Trinajstić information content (AvgIpc) is 3.05. The van der Waals surface area contributed by atoms with Gasteiger partial charge in [0.15, 0.2) is 0 Å². The number of carbonyl (C=O) groups excluding carboxylic acids is 1. The van der Waals surface area contributed by atoms with E-state index in [-0.39, 0.29) is 23.0 Å². The van der Waals surface area contributed by atoms with Gasteiger partial charge in [-0.1, -0.05) is 6.07 Å². The number of nitrogens with zero attached hydrogens (tertiary/aromatic N) is 1. The lowest BCUT2D eigenvalue weighted by molar-refractivity contribution is -0.201. The third kappa shape index (κ3) is 3.28. The molecule has 1 spiro atoms. The van der Waals surface area contributed by atoms with Crippen molar-refractivity contribution in [3.8, 4) is 11.5 Å². The zero-order valence-electron chi connectivity index (χ0n) is 15.7. The first-order valence-electron chi connectivity index (χ1n) is 9.26. The predicted molar refractivity (Wildman–Crippen MR) is 95.6 cm³/mol. The van der Waals surface area contributed by atoms with E-state index in [1.165, 1.54) is 0 Å². The van der Waals surface area contributed by atoms with Gasteiger partial charge in [0.05, 0.1) is 31.8 Å². The van der Waals surface area contributed by atoms with Crippen LogP contribution in [0.5, 0.6) is 11.5 Å². The summed E-state index contributed by atoms with van der Waals surface area (Å²) in [5, 5.41) is 0. The number of morpholine rings is 1. The summed E-state index contributed by atoms with van der Waals surface area (Å²) in [7, 11) is 1.64. The van der Waals surface area contributed by atoms with Gasteiger partial charge in [-0.3, -0.25) is 4.79 Å². The highest BCUT2D eigenvalue weighted by Gasteiger charge is 2.49. The number of fused-ring (bicyclic) bond motifs is 1. The molecule has 3 aliphatic heterocycles. The molecule has 1 aromatic carbocycles. The Labute approximate surface area is 154 Å².